The van der Waals surface area contributed by atoms with Crippen molar-refractivity contribution in [3.63, 3.8) is 0 Å². The Balaban J connectivity index is 2.46. The molecule has 0 saturated carbocycles. The van der Waals surface area contributed by atoms with Crippen molar-refractivity contribution < 1.29 is 0 Å². The Hall–Kier alpha value is 0.01000. The Kier molecular flexibility index (Phi) is 8.03. The zero-order valence-electron chi connectivity index (χ0n) is 11.6. The highest BCUT2D eigenvalue weighted by Gasteiger charge is 2.09. The summed E-state index contributed by atoms with van der Waals surface area (Å²) in [7, 11) is 0. The van der Waals surface area contributed by atoms with Crippen molar-refractivity contribution in [1.82, 2.24) is 5.32 Å². The Morgan fingerprint density at radius 3 is 2.67 bits per heavy atom. The summed E-state index contributed by atoms with van der Waals surface area (Å²) in [5.41, 5.74) is 1.40. The van der Waals surface area contributed by atoms with E-state index < -0.39 is 0 Å². The molecule has 0 aromatic heterocycles. The molecule has 18 heavy (non-hydrogen) atoms. The van der Waals surface area contributed by atoms with E-state index in [1.54, 1.807) is 0 Å². The van der Waals surface area contributed by atoms with Crippen LogP contribution in [0.3, 0.4) is 0 Å². The van der Waals surface area contributed by atoms with E-state index in [2.05, 4.69) is 78.0 Å². The molecule has 0 saturated heterocycles. The van der Waals surface area contributed by atoms with Crippen LogP contribution < -0.4 is 5.32 Å². The lowest BCUT2D eigenvalue weighted by atomic mass is 10.1. The molecule has 1 unspecified atom stereocenters. The minimum absolute atomic E-state index is 0.577. The second-order valence-electron chi connectivity index (χ2n) is 5.02. The van der Waals surface area contributed by atoms with E-state index in [9.17, 15) is 0 Å². The SMILES string of the molecule is CCNC(CSCC(C)C)Cc1cccc(Br)c1. The van der Waals surface area contributed by atoms with Gasteiger partial charge in [0, 0.05) is 16.3 Å². The van der Waals surface area contributed by atoms with Gasteiger partial charge in [0.15, 0.2) is 0 Å². The Morgan fingerprint density at radius 2 is 2.06 bits per heavy atom. The molecule has 0 aliphatic heterocycles. The van der Waals surface area contributed by atoms with E-state index in [0.29, 0.717) is 6.04 Å². The minimum atomic E-state index is 0.577. The summed E-state index contributed by atoms with van der Waals surface area (Å²) in [6.45, 7) is 7.79. The van der Waals surface area contributed by atoms with Gasteiger partial charge in [-0.15, -0.1) is 0 Å². The third kappa shape index (κ3) is 6.81. The molecule has 1 atom stereocenters. The van der Waals surface area contributed by atoms with Gasteiger partial charge in [-0.1, -0.05) is 48.8 Å². The van der Waals surface area contributed by atoms with Gasteiger partial charge in [0.2, 0.25) is 0 Å². The van der Waals surface area contributed by atoms with Crippen LogP contribution in [0.4, 0.5) is 0 Å². The molecule has 0 heterocycles. The van der Waals surface area contributed by atoms with Gasteiger partial charge in [-0.2, -0.15) is 11.8 Å². The van der Waals surface area contributed by atoms with Crippen molar-refractivity contribution in [1.29, 1.82) is 0 Å². The van der Waals surface area contributed by atoms with Crippen LogP contribution in [-0.2, 0) is 6.42 Å². The molecule has 102 valence electrons. The third-order valence-electron chi connectivity index (χ3n) is 2.63. The lowest BCUT2D eigenvalue weighted by molar-refractivity contribution is 0.572. The zero-order valence-corrected chi connectivity index (χ0v) is 14.0. The summed E-state index contributed by atoms with van der Waals surface area (Å²) < 4.78 is 1.17. The number of hydrogen-bond acceptors (Lipinski definition) is 2. The van der Waals surface area contributed by atoms with Crippen molar-refractivity contribution in [2.75, 3.05) is 18.1 Å². The summed E-state index contributed by atoms with van der Waals surface area (Å²) in [4.78, 5) is 0. The van der Waals surface area contributed by atoms with Gasteiger partial charge >= 0.3 is 0 Å². The number of halogens is 1. The van der Waals surface area contributed by atoms with E-state index in [-0.39, 0.29) is 0 Å². The van der Waals surface area contributed by atoms with Crippen LogP contribution in [0.2, 0.25) is 0 Å². The van der Waals surface area contributed by atoms with Crippen LogP contribution >= 0.6 is 27.7 Å². The molecule has 0 spiro atoms. The van der Waals surface area contributed by atoms with Crippen LogP contribution in [0.15, 0.2) is 28.7 Å². The Bertz CT molecular complexity index is 341. The van der Waals surface area contributed by atoms with Gasteiger partial charge in [0.05, 0.1) is 0 Å². The van der Waals surface area contributed by atoms with Crippen LogP contribution in [-0.4, -0.2) is 24.1 Å². The quantitative estimate of drug-likeness (QED) is 0.760. The molecule has 1 N–H and O–H groups in total. The van der Waals surface area contributed by atoms with Crippen LogP contribution in [0.5, 0.6) is 0 Å². The summed E-state index contributed by atoms with van der Waals surface area (Å²) >= 11 is 5.60. The molecule has 1 aromatic carbocycles. The van der Waals surface area contributed by atoms with Crippen LogP contribution in [0.1, 0.15) is 26.3 Å². The number of likely N-dealkylation sites (N-methyl/N-ethyl adjacent to an activating group) is 1. The molecule has 0 aliphatic rings. The van der Waals surface area contributed by atoms with Gasteiger partial charge in [-0.25, -0.2) is 0 Å². The smallest absolute Gasteiger partial charge is 0.0198 e. The molecule has 1 rings (SSSR count). The lowest BCUT2D eigenvalue weighted by Crippen LogP contribution is -2.33. The van der Waals surface area contributed by atoms with E-state index in [4.69, 9.17) is 0 Å². The number of nitrogens with one attached hydrogen (secondary N) is 1. The molecule has 0 aliphatic carbocycles. The first-order valence-corrected chi connectivity index (χ1v) is 8.62. The van der Waals surface area contributed by atoms with E-state index in [1.807, 2.05) is 0 Å². The van der Waals surface area contributed by atoms with Gasteiger partial charge < -0.3 is 5.32 Å². The number of benzene rings is 1. The highest BCUT2D eigenvalue weighted by Crippen LogP contribution is 2.15. The first-order chi connectivity index (χ1) is 8.61. The maximum absolute atomic E-state index is 3.59. The molecule has 0 radical (unpaired) electrons. The Morgan fingerprint density at radius 1 is 1.28 bits per heavy atom. The zero-order chi connectivity index (χ0) is 13.4. The van der Waals surface area contributed by atoms with Gasteiger partial charge in [0.25, 0.3) is 0 Å². The van der Waals surface area contributed by atoms with Crippen molar-refractivity contribution >= 4 is 27.7 Å². The van der Waals surface area contributed by atoms with Gasteiger partial charge in [-0.3, -0.25) is 0 Å². The first-order valence-electron chi connectivity index (χ1n) is 6.67. The fraction of sp³-hybridized carbons (Fsp3) is 0.600. The minimum Gasteiger partial charge on any atom is -0.313 e. The van der Waals surface area contributed by atoms with Crippen molar-refractivity contribution in [2.45, 2.75) is 33.2 Å². The number of thioether (sulfide) groups is 1. The average Bonchev–Trinajstić information content (AvgIpc) is 2.28. The predicted octanol–water partition coefficient (Wildman–Crippen LogP) is 4.36. The topological polar surface area (TPSA) is 12.0 Å². The summed E-state index contributed by atoms with van der Waals surface area (Å²) in [5.74, 6) is 3.22. The highest BCUT2D eigenvalue weighted by molar-refractivity contribution is 9.10. The molecular formula is C15H24BrNS. The fourth-order valence-electron chi connectivity index (χ4n) is 1.87. The molecular weight excluding hydrogens is 306 g/mol. The number of rotatable bonds is 8. The van der Waals surface area contributed by atoms with E-state index in [1.165, 1.54) is 21.5 Å². The highest BCUT2D eigenvalue weighted by atomic mass is 79.9. The Labute approximate surface area is 124 Å². The lowest BCUT2D eigenvalue weighted by Gasteiger charge is -2.18. The van der Waals surface area contributed by atoms with Crippen LogP contribution in [0, 0.1) is 5.92 Å². The molecule has 1 nitrogen and oxygen atoms in total. The molecule has 0 fully saturated rings. The van der Waals surface area contributed by atoms with Crippen LogP contribution in [0.25, 0.3) is 0 Å². The predicted molar refractivity (Wildman–Crippen MR) is 87.5 cm³/mol. The largest absolute Gasteiger partial charge is 0.313 e. The maximum Gasteiger partial charge on any atom is 0.0198 e. The summed E-state index contributed by atoms with van der Waals surface area (Å²) in [5, 5.41) is 3.59. The molecule has 1 aromatic rings. The fourth-order valence-corrected chi connectivity index (χ4v) is 3.45. The van der Waals surface area contributed by atoms with Crippen molar-refractivity contribution in [2.24, 2.45) is 5.92 Å². The van der Waals surface area contributed by atoms with Crippen molar-refractivity contribution in [3.05, 3.63) is 34.3 Å². The molecule has 0 bridgehead atoms. The first kappa shape index (κ1) is 16.1. The third-order valence-corrected chi connectivity index (χ3v) is 4.67. The second kappa shape index (κ2) is 9.00. The second-order valence-corrected chi connectivity index (χ2v) is 7.01. The maximum atomic E-state index is 3.59. The number of hydrogen-bond donors (Lipinski definition) is 1. The molecule has 0 amide bonds. The monoisotopic (exact) mass is 329 g/mol. The normalized spacial score (nSPS) is 12.9. The standard InChI is InChI=1S/C15H24BrNS/c1-4-17-15(11-18-10-12(2)3)9-13-6-5-7-14(16)8-13/h5-8,12,15,17H,4,9-11H2,1-3H3. The van der Waals surface area contributed by atoms with Crippen molar-refractivity contribution in [3.8, 4) is 0 Å². The molecule has 3 heteroatoms. The van der Waals surface area contributed by atoms with E-state index >= 15 is 0 Å². The van der Waals surface area contributed by atoms with Gasteiger partial charge in [0.1, 0.15) is 0 Å². The summed E-state index contributed by atoms with van der Waals surface area (Å²) in [6, 6.07) is 9.20. The summed E-state index contributed by atoms with van der Waals surface area (Å²) in [6.07, 6.45) is 1.11. The average molecular weight is 330 g/mol. The van der Waals surface area contributed by atoms with Gasteiger partial charge in [-0.05, 0) is 42.3 Å². The van der Waals surface area contributed by atoms with E-state index in [0.717, 1.165) is 18.9 Å².